The summed E-state index contributed by atoms with van der Waals surface area (Å²) in [6.45, 7) is 4.91. The van der Waals surface area contributed by atoms with Crippen LogP contribution in [0.3, 0.4) is 0 Å². The summed E-state index contributed by atoms with van der Waals surface area (Å²) in [6.07, 6.45) is 1.70. The molecule has 0 aliphatic carbocycles. The molecule has 3 aromatic rings. The molecule has 1 N–H and O–H groups in total. The van der Waals surface area contributed by atoms with Gasteiger partial charge in [0.15, 0.2) is 5.17 Å². The standard InChI is InChI=1S/C20H18Cl2N4OS/c1-12-8-16(13(2)26(12)10-15-4-3-7-27-15)19-11-28-20(25-24-19)23-18-6-5-14(21)9-17(18)22/h3-9H,10-11H2,1-2H3,(H,23,25). The van der Waals surface area contributed by atoms with Crippen molar-refractivity contribution in [2.75, 3.05) is 5.75 Å². The second-order valence-electron chi connectivity index (χ2n) is 6.42. The van der Waals surface area contributed by atoms with Crippen molar-refractivity contribution in [3.8, 4) is 0 Å². The lowest BCUT2D eigenvalue weighted by molar-refractivity contribution is 0.489. The minimum absolute atomic E-state index is 0.513. The summed E-state index contributed by atoms with van der Waals surface area (Å²) in [5.74, 6) is 1.66. The van der Waals surface area contributed by atoms with E-state index in [0.717, 1.165) is 28.5 Å². The van der Waals surface area contributed by atoms with Crippen LogP contribution in [0, 0.1) is 13.8 Å². The number of thioether (sulfide) groups is 1. The molecular formula is C20H18Cl2N4OS. The van der Waals surface area contributed by atoms with Gasteiger partial charge in [-0.1, -0.05) is 35.0 Å². The molecule has 1 aromatic carbocycles. The van der Waals surface area contributed by atoms with Crippen LogP contribution in [0.15, 0.2) is 57.2 Å². The average molecular weight is 433 g/mol. The van der Waals surface area contributed by atoms with Crippen molar-refractivity contribution >= 4 is 51.5 Å². The van der Waals surface area contributed by atoms with Crippen molar-refractivity contribution in [3.63, 3.8) is 0 Å². The Kier molecular flexibility index (Phi) is 5.53. The minimum atomic E-state index is 0.513. The van der Waals surface area contributed by atoms with E-state index in [9.17, 15) is 0 Å². The van der Waals surface area contributed by atoms with Crippen LogP contribution in [0.5, 0.6) is 0 Å². The molecule has 144 valence electrons. The molecule has 0 atom stereocenters. The third-order valence-electron chi connectivity index (χ3n) is 4.54. The summed E-state index contributed by atoms with van der Waals surface area (Å²) < 4.78 is 7.72. The largest absolute Gasteiger partial charge is 0.467 e. The lowest BCUT2D eigenvalue weighted by Gasteiger charge is -2.15. The molecule has 2 aromatic heterocycles. The predicted octanol–water partition coefficient (Wildman–Crippen LogP) is 5.78. The molecule has 3 heterocycles. The molecule has 1 aliphatic rings. The van der Waals surface area contributed by atoms with E-state index in [1.165, 1.54) is 5.69 Å². The van der Waals surface area contributed by atoms with Gasteiger partial charge in [0.05, 0.1) is 29.2 Å². The summed E-state index contributed by atoms with van der Waals surface area (Å²) in [6, 6.07) is 11.3. The summed E-state index contributed by atoms with van der Waals surface area (Å²) in [7, 11) is 0. The normalized spacial score (nSPS) is 15.6. The van der Waals surface area contributed by atoms with Gasteiger partial charge in [0.1, 0.15) is 5.76 Å². The fourth-order valence-corrected chi connectivity index (χ4v) is 4.31. The van der Waals surface area contributed by atoms with Crippen LogP contribution < -0.4 is 5.43 Å². The molecule has 0 radical (unpaired) electrons. The van der Waals surface area contributed by atoms with Crippen LogP contribution in [0.25, 0.3) is 0 Å². The number of nitrogens with one attached hydrogen (secondary N) is 1. The van der Waals surface area contributed by atoms with Gasteiger partial charge in [0, 0.05) is 27.7 Å². The topological polar surface area (TPSA) is 54.8 Å². The van der Waals surface area contributed by atoms with Gasteiger partial charge in [-0.05, 0) is 50.2 Å². The Hall–Kier alpha value is -2.15. The second kappa shape index (κ2) is 8.07. The SMILES string of the molecule is Cc1cc(C2=NNC(=Nc3ccc(Cl)cc3Cl)SC2)c(C)n1Cc1ccco1. The molecule has 0 fully saturated rings. The van der Waals surface area contributed by atoms with Crippen LogP contribution in [-0.2, 0) is 6.54 Å². The zero-order valence-corrected chi connectivity index (χ0v) is 17.7. The van der Waals surface area contributed by atoms with Crippen molar-refractivity contribution < 1.29 is 4.42 Å². The van der Waals surface area contributed by atoms with Gasteiger partial charge in [-0.3, -0.25) is 5.43 Å². The second-order valence-corrected chi connectivity index (χ2v) is 8.23. The smallest absolute Gasteiger partial charge is 0.182 e. The molecule has 8 heteroatoms. The highest BCUT2D eigenvalue weighted by Crippen LogP contribution is 2.29. The zero-order chi connectivity index (χ0) is 19.7. The number of aliphatic imine (C=N–C) groups is 1. The number of benzene rings is 1. The monoisotopic (exact) mass is 432 g/mol. The van der Waals surface area contributed by atoms with Crippen LogP contribution >= 0.6 is 35.0 Å². The van der Waals surface area contributed by atoms with E-state index in [4.69, 9.17) is 27.6 Å². The fourth-order valence-electron chi connectivity index (χ4n) is 3.09. The van der Waals surface area contributed by atoms with Gasteiger partial charge in [-0.2, -0.15) is 5.10 Å². The first-order chi connectivity index (χ1) is 13.5. The number of amidine groups is 1. The van der Waals surface area contributed by atoms with E-state index in [-0.39, 0.29) is 0 Å². The third kappa shape index (κ3) is 3.99. The number of hydrazone groups is 1. The molecule has 28 heavy (non-hydrogen) atoms. The molecule has 0 saturated heterocycles. The quantitative estimate of drug-likeness (QED) is 0.568. The number of aryl methyl sites for hydroxylation is 1. The number of rotatable bonds is 4. The first-order valence-electron chi connectivity index (χ1n) is 8.70. The molecule has 1 aliphatic heterocycles. The number of hydrogen-bond acceptors (Lipinski definition) is 4. The molecule has 0 spiro atoms. The predicted molar refractivity (Wildman–Crippen MR) is 117 cm³/mol. The van der Waals surface area contributed by atoms with Crippen LogP contribution in [0.4, 0.5) is 5.69 Å². The Bertz CT molecular complexity index is 1070. The molecule has 0 bridgehead atoms. The van der Waals surface area contributed by atoms with Gasteiger partial charge >= 0.3 is 0 Å². The lowest BCUT2D eigenvalue weighted by atomic mass is 10.1. The highest BCUT2D eigenvalue weighted by atomic mass is 35.5. The van der Waals surface area contributed by atoms with Crippen molar-refractivity contribution in [2.45, 2.75) is 20.4 Å². The van der Waals surface area contributed by atoms with Crippen LogP contribution in [-0.4, -0.2) is 21.2 Å². The van der Waals surface area contributed by atoms with Gasteiger partial charge in [0.2, 0.25) is 0 Å². The number of halogens is 2. The molecule has 4 rings (SSSR count). The van der Waals surface area contributed by atoms with Crippen LogP contribution in [0.1, 0.15) is 22.7 Å². The average Bonchev–Trinajstić information content (AvgIpc) is 3.29. The number of furan rings is 1. The zero-order valence-electron chi connectivity index (χ0n) is 15.4. The van der Waals surface area contributed by atoms with E-state index in [0.29, 0.717) is 27.4 Å². The number of nitrogens with zero attached hydrogens (tertiary/aromatic N) is 3. The molecule has 0 amide bonds. The van der Waals surface area contributed by atoms with Crippen molar-refractivity contribution in [1.82, 2.24) is 9.99 Å². The van der Waals surface area contributed by atoms with Crippen LogP contribution in [0.2, 0.25) is 10.0 Å². The highest BCUT2D eigenvalue weighted by molar-refractivity contribution is 8.14. The van der Waals surface area contributed by atoms with E-state index in [1.54, 1.807) is 36.2 Å². The molecule has 0 unspecified atom stereocenters. The van der Waals surface area contributed by atoms with Crippen molar-refractivity contribution in [3.05, 3.63) is 75.4 Å². The summed E-state index contributed by atoms with van der Waals surface area (Å²) in [4.78, 5) is 4.54. The maximum Gasteiger partial charge on any atom is 0.182 e. The maximum absolute atomic E-state index is 6.20. The number of hydrogen-bond donors (Lipinski definition) is 1. The maximum atomic E-state index is 6.20. The lowest BCUT2D eigenvalue weighted by Crippen LogP contribution is -2.25. The van der Waals surface area contributed by atoms with Gasteiger partial charge in [0.25, 0.3) is 0 Å². The molecule has 0 saturated carbocycles. The Morgan fingerprint density at radius 3 is 2.79 bits per heavy atom. The Labute approximate surface area is 177 Å². The summed E-state index contributed by atoms with van der Waals surface area (Å²) in [5, 5.41) is 6.35. The van der Waals surface area contributed by atoms with E-state index in [1.807, 2.05) is 12.1 Å². The Morgan fingerprint density at radius 1 is 1.25 bits per heavy atom. The fraction of sp³-hybridized carbons (Fsp3) is 0.200. The molecule has 5 nitrogen and oxygen atoms in total. The minimum Gasteiger partial charge on any atom is -0.467 e. The van der Waals surface area contributed by atoms with Crippen molar-refractivity contribution in [2.24, 2.45) is 10.1 Å². The van der Waals surface area contributed by atoms with E-state index in [2.05, 4.69) is 40.0 Å². The Balaban J connectivity index is 1.54. The first kappa shape index (κ1) is 19.2. The summed E-state index contributed by atoms with van der Waals surface area (Å²) >= 11 is 13.7. The third-order valence-corrected chi connectivity index (χ3v) is 5.95. The van der Waals surface area contributed by atoms with Gasteiger partial charge in [-0.25, -0.2) is 4.99 Å². The van der Waals surface area contributed by atoms with Crippen molar-refractivity contribution in [1.29, 1.82) is 0 Å². The summed E-state index contributed by atoms with van der Waals surface area (Å²) in [5.41, 5.74) is 8.16. The van der Waals surface area contributed by atoms with E-state index < -0.39 is 0 Å². The van der Waals surface area contributed by atoms with Gasteiger partial charge < -0.3 is 8.98 Å². The number of aromatic nitrogens is 1. The molecular weight excluding hydrogens is 415 g/mol. The van der Waals surface area contributed by atoms with Gasteiger partial charge in [-0.15, -0.1) is 0 Å². The Morgan fingerprint density at radius 2 is 2.11 bits per heavy atom. The highest BCUT2D eigenvalue weighted by Gasteiger charge is 2.19. The first-order valence-corrected chi connectivity index (χ1v) is 10.4. The van der Waals surface area contributed by atoms with E-state index >= 15 is 0 Å².